The maximum absolute atomic E-state index is 12.9. The van der Waals surface area contributed by atoms with Crippen molar-refractivity contribution in [3.63, 3.8) is 0 Å². The van der Waals surface area contributed by atoms with Crippen LogP contribution in [-0.4, -0.2) is 48.1 Å². The number of rotatable bonds is 9. The van der Waals surface area contributed by atoms with Crippen molar-refractivity contribution in [2.45, 2.75) is 30.4 Å². The van der Waals surface area contributed by atoms with Crippen LogP contribution in [0.1, 0.15) is 38.9 Å². The summed E-state index contributed by atoms with van der Waals surface area (Å²) in [6.45, 7) is 2.69. The number of esters is 2. The monoisotopic (exact) mass is 567 g/mol. The molecule has 10 nitrogen and oxygen atoms in total. The zero-order chi connectivity index (χ0) is 27.9. The van der Waals surface area contributed by atoms with Crippen LogP contribution in [0.5, 0.6) is 0 Å². The van der Waals surface area contributed by atoms with Crippen molar-refractivity contribution in [3.8, 4) is 0 Å². The highest BCUT2D eigenvalue weighted by Gasteiger charge is 2.30. The molecule has 0 fully saturated rings. The number of thiophene rings is 1. The van der Waals surface area contributed by atoms with Crippen molar-refractivity contribution >= 4 is 69.1 Å². The molecule has 1 aliphatic rings. The van der Waals surface area contributed by atoms with E-state index in [9.17, 15) is 24.0 Å². The predicted octanol–water partition coefficient (Wildman–Crippen LogP) is 4.47. The Kier molecular flexibility index (Phi) is 8.99. The fourth-order valence-electron chi connectivity index (χ4n) is 3.72. The summed E-state index contributed by atoms with van der Waals surface area (Å²) in [5.41, 5.74) is 1.64. The van der Waals surface area contributed by atoms with Gasteiger partial charge in [-0.3, -0.25) is 19.2 Å². The highest BCUT2D eigenvalue weighted by molar-refractivity contribution is 8.01. The molecule has 39 heavy (non-hydrogen) atoms. The van der Waals surface area contributed by atoms with Crippen LogP contribution in [0.15, 0.2) is 59.5 Å². The summed E-state index contributed by atoms with van der Waals surface area (Å²) in [6.07, 6.45) is -0.228. The largest absolute Gasteiger partial charge is 0.462 e. The van der Waals surface area contributed by atoms with Crippen LogP contribution in [0.2, 0.25) is 0 Å². The van der Waals surface area contributed by atoms with E-state index in [2.05, 4.69) is 16.0 Å². The molecule has 3 N–H and O–H groups in total. The van der Waals surface area contributed by atoms with E-state index in [-0.39, 0.29) is 34.4 Å². The fourth-order valence-corrected chi connectivity index (χ4v) is 5.92. The Hall–Kier alpha value is -4.16. The minimum atomic E-state index is -0.729. The molecule has 3 aromatic rings. The lowest BCUT2D eigenvalue weighted by Gasteiger charge is -2.23. The molecule has 0 spiro atoms. The molecular formula is C27H25N3O7S2. The molecule has 12 heteroatoms. The summed E-state index contributed by atoms with van der Waals surface area (Å²) in [5, 5.41) is 7.46. The van der Waals surface area contributed by atoms with Gasteiger partial charge in [-0.25, -0.2) is 4.79 Å². The number of para-hydroxylation sites is 2. The SMILES string of the molecule is CCOC(=O)c1c(NC(=O)COC(=O)CC2Sc3ccccc3NC2=O)sc(C(=O)Nc2ccccc2)c1C. The number of ether oxygens (including phenoxy) is 2. The highest BCUT2D eigenvalue weighted by Crippen LogP contribution is 2.37. The van der Waals surface area contributed by atoms with E-state index in [4.69, 9.17) is 9.47 Å². The van der Waals surface area contributed by atoms with Crippen LogP contribution in [0.4, 0.5) is 16.4 Å². The van der Waals surface area contributed by atoms with Gasteiger partial charge in [0.2, 0.25) is 5.91 Å². The Morgan fingerprint density at radius 2 is 1.69 bits per heavy atom. The summed E-state index contributed by atoms with van der Waals surface area (Å²) < 4.78 is 10.2. The van der Waals surface area contributed by atoms with E-state index >= 15 is 0 Å². The first kappa shape index (κ1) is 27.9. The van der Waals surface area contributed by atoms with Gasteiger partial charge in [0.15, 0.2) is 6.61 Å². The lowest BCUT2D eigenvalue weighted by molar-refractivity contribution is -0.147. The molecular weight excluding hydrogens is 542 g/mol. The van der Waals surface area contributed by atoms with Crippen molar-refractivity contribution in [1.29, 1.82) is 0 Å². The molecule has 4 rings (SSSR count). The Morgan fingerprint density at radius 1 is 0.974 bits per heavy atom. The average Bonchev–Trinajstić information content (AvgIpc) is 3.24. The number of amides is 3. The lowest BCUT2D eigenvalue weighted by atomic mass is 10.1. The number of benzene rings is 2. The van der Waals surface area contributed by atoms with E-state index in [1.807, 2.05) is 18.2 Å². The molecule has 0 saturated heterocycles. The van der Waals surface area contributed by atoms with Crippen LogP contribution < -0.4 is 16.0 Å². The van der Waals surface area contributed by atoms with Crippen LogP contribution >= 0.6 is 23.1 Å². The summed E-state index contributed by atoms with van der Waals surface area (Å²) >= 11 is 2.16. The van der Waals surface area contributed by atoms with E-state index in [0.717, 1.165) is 16.2 Å². The Bertz CT molecular complexity index is 1420. The molecule has 2 aromatic carbocycles. The van der Waals surface area contributed by atoms with Gasteiger partial charge in [0.05, 0.1) is 34.4 Å². The van der Waals surface area contributed by atoms with Crippen LogP contribution in [0.3, 0.4) is 0 Å². The molecule has 0 radical (unpaired) electrons. The smallest absolute Gasteiger partial charge is 0.341 e. The second kappa shape index (κ2) is 12.6. The third-order valence-corrected chi connectivity index (χ3v) is 8.02. The van der Waals surface area contributed by atoms with Gasteiger partial charge in [0, 0.05) is 10.6 Å². The maximum Gasteiger partial charge on any atom is 0.341 e. The van der Waals surface area contributed by atoms with Gasteiger partial charge in [-0.15, -0.1) is 23.1 Å². The molecule has 1 atom stereocenters. The quantitative estimate of drug-likeness (QED) is 0.322. The number of carbonyl (C=O) groups is 5. The summed E-state index contributed by atoms with van der Waals surface area (Å²) in [6, 6.07) is 16.0. The van der Waals surface area contributed by atoms with Crippen LogP contribution in [0, 0.1) is 6.92 Å². The van der Waals surface area contributed by atoms with Crippen molar-refractivity contribution in [1.82, 2.24) is 0 Å². The molecule has 1 aromatic heterocycles. The van der Waals surface area contributed by atoms with Crippen molar-refractivity contribution < 1.29 is 33.4 Å². The average molecular weight is 568 g/mol. The normalized spacial score (nSPS) is 14.0. The molecule has 1 aliphatic heterocycles. The number of hydrogen-bond donors (Lipinski definition) is 3. The van der Waals surface area contributed by atoms with E-state index < -0.39 is 35.6 Å². The molecule has 0 bridgehead atoms. The predicted molar refractivity (Wildman–Crippen MR) is 148 cm³/mol. The van der Waals surface area contributed by atoms with E-state index in [0.29, 0.717) is 16.9 Å². The molecule has 0 saturated carbocycles. The third-order valence-electron chi connectivity index (χ3n) is 5.54. The number of nitrogens with one attached hydrogen (secondary N) is 3. The molecule has 3 amide bonds. The number of thioether (sulfide) groups is 1. The third kappa shape index (κ3) is 6.84. The van der Waals surface area contributed by atoms with Gasteiger partial charge in [-0.1, -0.05) is 30.3 Å². The topological polar surface area (TPSA) is 140 Å². The number of hydrogen-bond acceptors (Lipinski definition) is 9. The standard InChI is InChI=1S/C27H25N3O7S2/c1-3-36-27(35)22-15(2)23(25(34)28-16-9-5-4-6-10-16)39-26(22)30-20(31)14-37-21(32)13-19-24(33)29-17-11-7-8-12-18(17)38-19/h4-12,19H,3,13-14H2,1-2H3,(H,28,34)(H,29,33)(H,30,31). The zero-order valence-electron chi connectivity index (χ0n) is 21.1. The van der Waals surface area contributed by atoms with Gasteiger partial charge < -0.3 is 25.4 Å². The van der Waals surface area contributed by atoms with Crippen molar-refractivity contribution in [2.24, 2.45) is 0 Å². The Balaban J connectivity index is 1.40. The minimum absolute atomic E-state index is 0.0497. The number of fused-ring (bicyclic) bond motifs is 1. The number of carbonyl (C=O) groups excluding carboxylic acids is 5. The summed E-state index contributed by atoms with van der Waals surface area (Å²) in [7, 11) is 0. The Labute approximate surface area is 232 Å². The molecule has 1 unspecified atom stereocenters. The summed E-state index contributed by atoms with van der Waals surface area (Å²) in [5.74, 6) is -2.91. The molecule has 0 aliphatic carbocycles. The zero-order valence-corrected chi connectivity index (χ0v) is 22.7. The first-order valence-corrected chi connectivity index (χ1v) is 13.6. The summed E-state index contributed by atoms with van der Waals surface area (Å²) in [4.78, 5) is 64.0. The van der Waals surface area contributed by atoms with E-state index in [1.165, 1.54) is 11.8 Å². The molecule has 2 heterocycles. The van der Waals surface area contributed by atoms with E-state index in [1.54, 1.807) is 50.2 Å². The van der Waals surface area contributed by atoms with Crippen molar-refractivity contribution in [3.05, 3.63) is 70.6 Å². The van der Waals surface area contributed by atoms with Crippen molar-refractivity contribution in [2.75, 3.05) is 29.2 Å². The lowest BCUT2D eigenvalue weighted by Crippen LogP contribution is -2.32. The fraction of sp³-hybridized carbons (Fsp3) is 0.222. The van der Waals surface area contributed by atoms with Gasteiger partial charge >= 0.3 is 11.9 Å². The Morgan fingerprint density at radius 3 is 2.44 bits per heavy atom. The highest BCUT2D eigenvalue weighted by atomic mass is 32.2. The molecule has 202 valence electrons. The first-order chi connectivity index (χ1) is 18.8. The number of anilines is 3. The maximum atomic E-state index is 12.9. The van der Waals surface area contributed by atoms with Gasteiger partial charge in [-0.2, -0.15) is 0 Å². The van der Waals surface area contributed by atoms with Crippen LogP contribution in [0.25, 0.3) is 0 Å². The van der Waals surface area contributed by atoms with Gasteiger partial charge in [0.1, 0.15) is 5.00 Å². The minimum Gasteiger partial charge on any atom is -0.462 e. The second-order valence-corrected chi connectivity index (χ2v) is 10.6. The second-order valence-electron chi connectivity index (χ2n) is 8.31. The van der Waals surface area contributed by atoms with Crippen LogP contribution in [-0.2, 0) is 23.9 Å². The first-order valence-electron chi connectivity index (χ1n) is 12.0. The van der Waals surface area contributed by atoms with Gasteiger partial charge in [0.25, 0.3) is 11.8 Å². The van der Waals surface area contributed by atoms with Gasteiger partial charge in [-0.05, 0) is 43.7 Å².